The van der Waals surface area contributed by atoms with Crippen LogP contribution in [0.4, 0.5) is 11.4 Å². The predicted octanol–water partition coefficient (Wildman–Crippen LogP) is 5.98. The number of hydrogen-bond donors (Lipinski definition) is 1. The summed E-state index contributed by atoms with van der Waals surface area (Å²) < 4.78 is 5.64. The minimum atomic E-state index is -0.518. The first-order valence-corrected chi connectivity index (χ1v) is 9.96. The largest absolute Gasteiger partial charge is 0.483 e. The lowest BCUT2D eigenvalue weighted by Crippen LogP contribution is -2.20. The lowest BCUT2D eigenvalue weighted by molar-refractivity contribution is -0.384. The van der Waals surface area contributed by atoms with E-state index in [9.17, 15) is 20.2 Å². The maximum Gasteiger partial charge on any atom is 0.269 e. The van der Waals surface area contributed by atoms with Crippen molar-refractivity contribution >= 4 is 52.1 Å². The van der Waals surface area contributed by atoms with Crippen LogP contribution in [0.3, 0.4) is 0 Å². The molecular formula is C23H15Cl2N3O4. The number of ether oxygens (including phenoxy) is 1. The van der Waals surface area contributed by atoms with Gasteiger partial charge in [-0.15, -0.1) is 0 Å². The van der Waals surface area contributed by atoms with Gasteiger partial charge in [0.15, 0.2) is 6.61 Å². The van der Waals surface area contributed by atoms with Crippen LogP contribution in [0.2, 0.25) is 10.0 Å². The van der Waals surface area contributed by atoms with Crippen molar-refractivity contribution in [1.29, 1.82) is 5.26 Å². The number of carbonyl (C=O) groups excluding carboxylic acids is 1. The third kappa shape index (κ3) is 5.85. The summed E-state index contributed by atoms with van der Waals surface area (Å²) in [5.41, 5.74) is 1.58. The van der Waals surface area contributed by atoms with E-state index in [1.807, 2.05) is 0 Å². The molecule has 0 spiro atoms. The third-order valence-corrected chi connectivity index (χ3v) is 4.85. The van der Waals surface area contributed by atoms with Crippen LogP contribution < -0.4 is 10.1 Å². The summed E-state index contributed by atoms with van der Waals surface area (Å²) in [5, 5.41) is 23.9. The molecule has 0 aliphatic heterocycles. The molecule has 0 fully saturated rings. The average molecular weight is 468 g/mol. The van der Waals surface area contributed by atoms with Crippen molar-refractivity contribution in [2.75, 3.05) is 11.9 Å². The topological polar surface area (TPSA) is 105 Å². The number of anilines is 1. The van der Waals surface area contributed by atoms with E-state index in [-0.39, 0.29) is 17.9 Å². The van der Waals surface area contributed by atoms with Crippen molar-refractivity contribution in [3.63, 3.8) is 0 Å². The van der Waals surface area contributed by atoms with Crippen LogP contribution in [0.1, 0.15) is 11.1 Å². The second kappa shape index (κ2) is 10.4. The Labute approximate surface area is 193 Å². The molecule has 0 atom stereocenters. The van der Waals surface area contributed by atoms with E-state index in [1.165, 1.54) is 30.3 Å². The van der Waals surface area contributed by atoms with Gasteiger partial charge in [0.05, 0.1) is 27.3 Å². The molecule has 0 aromatic heterocycles. The van der Waals surface area contributed by atoms with E-state index in [0.717, 1.165) is 0 Å². The van der Waals surface area contributed by atoms with E-state index in [4.69, 9.17) is 27.9 Å². The number of nitrogens with one attached hydrogen (secondary N) is 1. The van der Waals surface area contributed by atoms with E-state index >= 15 is 0 Å². The van der Waals surface area contributed by atoms with Crippen molar-refractivity contribution < 1.29 is 14.5 Å². The van der Waals surface area contributed by atoms with Gasteiger partial charge >= 0.3 is 0 Å². The first kappa shape index (κ1) is 22.8. The smallest absolute Gasteiger partial charge is 0.269 e. The maximum atomic E-state index is 12.3. The van der Waals surface area contributed by atoms with Gasteiger partial charge in [-0.05, 0) is 54.1 Å². The van der Waals surface area contributed by atoms with Crippen LogP contribution in [0.15, 0.2) is 66.7 Å². The summed E-state index contributed by atoms with van der Waals surface area (Å²) in [4.78, 5) is 22.6. The number of halogens is 2. The highest BCUT2D eigenvalue weighted by Gasteiger charge is 2.11. The number of non-ortho nitro benzene ring substituents is 1. The number of amides is 1. The molecule has 0 bridgehead atoms. The first-order valence-electron chi connectivity index (χ1n) is 9.20. The highest BCUT2D eigenvalue weighted by Crippen LogP contribution is 2.28. The van der Waals surface area contributed by atoms with Crippen LogP contribution in [-0.4, -0.2) is 17.4 Å². The van der Waals surface area contributed by atoms with Crippen LogP contribution in [0.5, 0.6) is 5.75 Å². The lowest BCUT2D eigenvalue weighted by atomic mass is 10.0. The van der Waals surface area contributed by atoms with Crippen molar-refractivity contribution in [2.45, 2.75) is 0 Å². The Bertz CT molecular complexity index is 1230. The van der Waals surface area contributed by atoms with Crippen LogP contribution in [0, 0.1) is 21.4 Å². The minimum Gasteiger partial charge on any atom is -0.483 e. The molecule has 1 amide bonds. The fourth-order valence-corrected chi connectivity index (χ4v) is 3.12. The Kier molecular flexibility index (Phi) is 7.45. The molecule has 3 aromatic carbocycles. The Balaban J connectivity index is 1.80. The number of carbonyl (C=O) groups is 1. The molecule has 0 aliphatic rings. The second-order valence-electron chi connectivity index (χ2n) is 6.47. The lowest BCUT2D eigenvalue weighted by Gasteiger charge is -2.11. The van der Waals surface area contributed by atoms with E-state index in [0.29, 0.717) is 32.6 Å². The summed E-state index contributed by atoms with van der Waals surface area (Å²) in [6, 6.07) is 19.2. The molecule has 3 rings (SSSR count). The van der Waals surface area contributed by atoms with Crippen molar-refractivity contribution in [2.24, 2.45) is 0 Å². The molecule has 3 aromatic rings. The highest BCUT2D eigenvalue weighted by atomic mass is 35.5. The number of benzene rings is 3. The SMILES string of the molecule is N#C/C(=C\c1cc(Cl)ccc1OCC(=O)Nc1ccccc1Cl)c1ccc([N+](=O)[O-])cc1. The Morgan fingerprint density at radius 1 is 1.12 bits per heavy atom. The van der Waals surface area contributed by atoms with Crippen LogP contribution >= 0.6 is 23.2 Å². The van der Waals surface area contributed by atoms with Gasteiger partial charge in [-0.3, -0.25) is 14.9 Å². The maximum absolute atomic E-state index is 12.3. The zero-order valence-corrected chi connectivity index (χ0v) is 17.9. The second-order valence-corrected chi connectivity index (χ2v) is 7.32. The number of allylic oxidation sites excluding steroid dienone is 1. The Morgan fingerprint density at radius 3 is 2.50 bits per heavy atom. The summed E-state index contributed by atoms with van der Waals surface area (Å²) in [6.07, 6.45) is 1.54. The molecule has 32 heavy (non-hydrogen) atoms. The molecule has 0 heterocycles. The number of nitriles is 1. The van der Waals surface area contributed by atoms with Crippen LogP contribution in [0.25, 0.3) is 11.6 Å². The minimum absolute atomic E-state index is 0.0812. The van der Waals surface area contributed by atoms with Crippen molar-refractivity contribution in [1.82, 2.24) is 0 Å². The van der Waals surface area contributed by atoms with Gasteiger partial charge < -0.3 is 10.1 Å². The number of hydrogen-bond acceptors (Lipinski definition) is 5. The van der Waals surface area contributed by atoms with Gasteiger partial charge in [0, 0.05) is 22.7 Å². The highest BCUT2D eigenvalue weighted by molar-refractivity contribution is 6.33. The summed E-state index contributed by atoms with van der Waals surface area (Å²) in [7, 11) is 0. The van der Waals surface area contributed by atoms with E-state index in [1.54, 1.807) is 42.5 Å². The van der Waals surface area contributed by atoms with Gasteiger partial charge in [-0.1, -0.05) is 35.3 Å². The molecule has 0 unspecified atom stereocenters. The molecule has 0 saturated heterocycles. The van der Waals surface area contributed by atoms with Gasteiger partial charge in [0.1, 0.15) is 5.75 Å². The van der Waals surface area contributed by atoms with Gasteiger partial charge in [-0.2, -0.15) is 5.26 Å². The van der Waals surface area contributed by atoms with Crippen molar-refractivity contribution in [3.8, 4) is 11.8 Å². The first-order chi connectivity index (χ1) is 15.4. The van der Waals surface area contributed by atoms with E-state index in [2.05, 4.69) is 11.4 Å². The fourth-order valence-electron chi connectivity index (χ4n) is 2.75. The number of nitrogens with zero attached hydrogens (tertiary/aromatic N) is 2. The molecule has 1 N–H and O–H groups in total. The van der Waals surface area contributed by atoms with E-state index < -0.39 is 10.8 Å². The monoisotopic (exact) mass is 467 g/mol. The standard InChI is InChI=1S/C23H15Cl2N3O4/c24-18-7-10-22(32-14-23(29)27-21-4-2-1-3-20(21)25)16(12-18)11-17(13-26)15-5-8-19(9-6-15)28(30)31/h1-12H,14H2,(H,27,29)/b17-11+. The predicted molar refractivity (Wildman–Crippen MR) is 124 cm³/mol. The Morgan fingerprint density at radius 2 is 1.84 bits per heavy atom. The quantitative estimate of drug-likeness (QED) is 0.199. The summed E-state index contributed by atoms with van der Waals surface area (Å²) in [6.45, 7) is -0.298. The van der Waals surface area contributed by atoms with Crippen molar-refractivity contribution in [3.05, 3.63) is 98.0 Å². The molecule has 0 radical (unpaired) electrons. The Hall–Kier alpha value is -3.86. The molecule has 0 saturated carbocycles. The van der Waals surface area contributed by atoms with Crippen LogP contribution in [-0.2, 0) is 4.79 Å². The summed E-state index contributed by atoms with van der Waals surface area (Å²) >= 11 is 12.1. The van der Waals surface area contributed by atoms with Gasteiger partial charge in [0.2, 0.25) is 0 Å². The zero-order valence-electron chi connectivity index (χ0n) is 16.4. The summed E-state index contributed by atoms with van der Waals surface area (Å²) in [5.74, 6) is -0.0859. The molecule has 0 aliphatic carbocycles. The molecule has 9 heteroatoms. The zero-order chi connectivity index (χ0) is 23.1. The third-order valence-electron chi connectivity index (χ3n) is 4.29. The normalized spacial score (nSPS) is 10.8. The molecule has 7 nitrogen and oxygen atoms in total. The van der Waals surface area contributed by atoms with Gasteiger partial charge in [-0.25, -0.2) is 0 Å². The number of rotatable bonds is 7. The number of nitro groups is 1. The molecule has 160 valence electrons. The van der Waals surface area contributed by atoms with Gasteiger partial charge in [0.25, 0.3) is 11.6 Å². The fraction of sp³-hybridized carbons (Fsp3) is 0.0435. The number of para-hydroxylation sites is 1. The molecular weight excluding hydrogens is 453 g/mol. The average Bonchev–Trinajstić information content (AvgIpc) is 2.78. The number of nitro benzene ring substituents is 1.